The van der Waals surface area contributed by atoms with Crippen LogP contribution in [-0.4, -0.2) is 47.7 Å². The number of nitrogens with two attached hydrogens (primary N) is 1. The van der Waals surface area contributed by atoms with Crippen LogP contribution in [0.1, 0.15) is 40.4 Å². The molecule has 0 aliphatic carbocycles. The van der Waals surface area contributed by atoms with E-state index in [0.29, 0.717) is 12.8 Å². The van der Waals surface area contributed by atoms with E-state index in [1.807, 2.05) is 0 Å². The Labute approximate surface area is 188 Å². The first-order valence-electron chi connectivity index (χ1n) is 10.3. The van der Waals surface area contributed by atoms with Gasteiger partial charge in [-0.3, -0.25) is 14.4 Å². The van der Waals surface area contributed by atoms with Crippen molar-refractivity contribution in [3.05, 3.63) is 71.0 Å². The number of primary amides is 1. The maximum atomic E-state index is 13.6. The van der Waals surface area contributed by atoms with E-state index in [2.05, 4.69) is 0 Å². The number of carbonyl (C=O) groups is 3. The number of halogens is 4. The summed E-state index contributed by atoms with van der Waals surface area (Å²) in [6.45, 7) is 0.455. The highest BCUT2D eigenvalue weighted by atomic mass is 19.4. The Balaban J connectivity index is 1.64. The number of piperidine rings is 1. The Hall–Kier alpha value is -3.43. The highest BCUT2D eigenvalue weighted by Crippen LogP contribution is 2.30. The van der Waals surface area contributed by atoms with Crippen molar-refractivity contribution >= 4 is 17.7 Å². The zero-order valence-electron chi connectivity index (χ0n) is 17.8. The number of likely N-dealkylation sites (N-methyl/N-ethyl adjacent to an activating group) is 1. The summed E-state index contributed by atoms with van der Waals surface area (Å²) >= 11 is 0. The van der Waals surface area contributed by atoms with Gasteiger partial charge in [-0.25, -0.2) is 4.39 Å². The van der Waals surface area contributed by atoms with Crippen molar-refractivity contribution in [3.63, 3.8) is 0 Å². The largest absolute Gasteiger partial charge is 0.416 e. The molecule has 0 bridgehead atoms. The predicted molar refractivity (Wildman–Crippen MR) is 111 cm³/mol. The van der Waals surface area contributed by atoms with Crippen molar-refractivity contribution in [2.75, 3.05) is 20.1 Å². The fraction of sp³-hybridized carbons (Fsp3) is 0.348. The van der Waals surface area contributed by atoms with Gasteiger partial charge in [-0.05, 0) is 54.8 Å². The van der Waals surface area contributed by atoms with Crippen molar-refractivity contribution < 1.29 is 31.9 Å². The van der Waals surface area contributed by atoms with Crippen LogP contribution in [0, 0.1) is 11.7 Å². The normalized spacial score (nSPS) is 15.7. The summed E-state index contributed by atoms with van der Waals surface area (Å²) in [6.07, 6.45) is -3.87. The fourth-order valence-corrected chi connectivity index (χ4v) is 3.98. The third kappa shape index (κ3) is 5.50. The molecule has 0 saturated carbocycles. The molecule has 1 aliphatic rings. The highest BCUT2D eigenvalue weighted by molar-refractivity contribution is 5.94. The van der Waals surface area contributed by atoms with Gasteiger partial charge >= 0.3 is 6.18 Å². The summed E-state index contributed by atoms with van der Waals surface area (Å²) in [5.41, 5.74) is 5.02. The number of benzene rings is 2. The lowest BCUT2D eigenvalue weighted by Gasteiger charge is -2.35. The van der Waals surface area contributed by atoms with E-state index in [-0.39, 0.29) is 30.1 Å². The number of hydrogen-bond acceptors (Lipinski definition) is 3. The lowest BCUT2D eigenvalue weighted by molar-refractivity contribution is -0.142. The monoisotopic (exact) mass is 465 g/mol. The number of nitrogens with zero attached hydrogens (tertiary/aromatic N) is 2. The molecule has 10 heteroatoms. The van der Waals surface area contributed by atoms with E-state index in [1.54, 1.807) is 0 Å². The molecule has 1 atom stereocenters. The van der Waals surface area contributed by atoms with Gasteiger partial charge in [-0.1, -0.05) is 12.1 Å². The molecule has 2 aromatic carbocycles. The summed E-state index contributed by atoms with van der Waals surface area (Å²) < 4.78 is 51.7. The third-order valence-electron chi connectivity index (χ3n) is 5.76. The standard InChI is InChI=1S/C23H23F4N3O3/c1-29(19(20(28)31)16-3-2-4-18(24)13-16)21(32)15-9-11-30(12-10-15)22(33)14-5-7-17(8-6-14)23(25,26)27/h2-8,13,15,19H,9-12H2,1H3,(H2,28,31). The molecule has 33 heavy (non-hydrogen) atoms. The molecule has 3 amide bonds. The maximum absolute atomic E-state index is 13.6. The highest BCUT2D eigenvalue weighted by Gasteiger charge is 2.35. The van der Waals surface area contributed by atoms with Crippen molar-refractivity contribution in [2.45, 2.75) is 25.1 Å². The molecule has 6 nitrogen and oxygen atoms in total. The van der Waals surface area contributed by atoms with Crippen LogP contribution in [0.5, 0.6) is 0 Å². The number of likely N-dealkylation sites (tertiary alicyclic amines) is 1. The molecule has 0 radical (unpaired) electrons. The molecule has 1 aliphatic heterocycles. The maximum Gasteiger partial charge on any atom is 0.416 e. The van der Waals surface area contributed by atoms with Gasteiger partial charge < -0.3 is 15.5 Å². The second-order valence-corrected chi connectivity index (χ2v) is 7.95. The number of alkyl halides is 3. The van der Waals surface area contributed by atoms with Gasteiger partial charge in [-0.2, -0.15) is 13.2 Å². The van der Waals surface area contributed by atoms with Gasteiger partial charge in [0.05, 0.1) is 5.56 Å². The first kappa shape index (κ1) is 24.2. The molecule has 1 unspecified atom stereocenters. The lowest BCUT2D eigenvalue weighted by atomic mass is 9.93. The molecule has 0 aromatic heterocycles. The van der Waals surface area contributed by atoms with Crippen LogP contribution in [0.4, 0.5) is 17.6 Å². The van der Waals surface area contributed by atoms with E-state index >= 15 is 0 Å². The SMILES string of the molecule is CN(C(=O)C1CCN(C(=O)c2ccc(C(F)(F)F)cc2)CC1)C(C(N)=O)c1cccc(F)c1. The summed E-state index contributed by atoms with van der Waals surface area (Å²) in [5.74, 6) is -2.62. The molecule has 1 saturated heterocycles. The first-order chi connectivity index (χ1) is 15.5. The summed E-state index contributed by atoms with van der Waals surface area (Å²) in [5, 5.41) is 0. The number of amides is 3. The smallest absolute Gasteiger partial charge is 0.368 e. The summed E-state index contributed by atoms with van der Waals surface area (Å²) in [4.78, 5) is 40.3. The first-order valence-corrected chi connectivity index (χ1v) is 10.3. The molecule has 2 aromatic rings. The number of rotatable bonds is 5. The van der Waals surface area contributed by atoms with E-state index < -0.39 is 41.3 Å². The van der Waals surface area contributed by atoms with Crippen molar-refractivity contribution in [2.24, 2.45) is 11.7 Å². The minimum Gasteiger partial charge on any atom is -0.368 e. The van der Waals surface area contributed by atoms with E-state index in [9.17, 15) is 31.9 Å². The van der Waals surface area contributed by atoms with Crippen molar-refractivity contribution in [3.8, 4) is 0 Å². The Morgan fingerprint density at radius 1 is 1.06 bits per heavy atom. The second-order valence-electron chi connectivity index (χ2n) is 7.95. The molecule has 1 fully saturated rings. The van der Waals surface area contributed by atoms with Gasteiger partial charge in [0.1, 0.15) is 11.9 Å². The van der Waals surface area contributed by atoms with Crippen LogP contribution in [0.15, 0.2) is 48.5 Å². The van der Waals surface area contributed by atoms with Crippen LogP contribution in [0.2, 0.25) is 0 Å². The molecule has 176 valence electrons. The zero-order chi connectivity index (χ0) is 24.3. The van der Waals surface area contributed by atoms with Crippen molar-refractivity contribution in [1.82, 2.24) is 9.80 Å². The van der Waals surface area contributed by atoms with Gasteiger partial charge in [0.2, 0.25) is 11.8 Å². The average Bonchev–Trinajstić information content (AvgIpc) is 2.77. The molecular weight excluding hydrogens is 442 g/mol. The molecule has 0 spiro atoms. The number of carbonyl (C=O) groups excluding carboxylic acids is 3. The Morgan fingerprint density at radius 2 is 1.67 bits per heavy atom. The summed E-state index contributed by atoms with van der Waals surface area (Å²) in [6, 6.07) is 8.12. The minimum atomic E-state index is -4.49. The van der Waals surface area contributed by atoms with Gasteiger partial charge in [0, 0.05) is 31.6 Å². The molecule has 3 rings (SSSR count). The molecule has 1 heterocycles. The van der Waals surface area contributed by atoms with Crippen LogP contribution in [0.3, 0.4) is 0 Å². The van der Waals surface area contributed by atoms with Gasteiger partial charge in [-0.15, -0.1) is 0 Å². The van der Waals surface area contributed by atoms with Gasteiger partial charge in [0.25, 0.3) is 5.91 Å². The Bertz CT molecular complexity index is 1030. The predicted octanol–water partition coefficient (Wildman–Crippen LogP) is 3.38. The summed E-state index contributed by atoms with van der Waals surface area (Å²) in [7, 11) is 1.42. The number of hydrogen-bond donors (Lipinski definition) is 1. The van der Waals surface area contributed by atoms with E-state index in [4.69, 9.17) is 5.73 Å². The Morgan fingerprint density at radius 3 is 2.18 bits per heavy atom. The third-order valence-corrected chi connectivity index (χ3v) is 5.76. The Kier molecular flexibility index (Phi) is 7.04. The van der Waals surface area contributed by atoms with E-state index in [1.165, 1.54) is 35.0 Å². The zero-order valence-corrected chi connectivity index (χ0v) is 17.8. The quantitative estimate of drug-likeness (QED) is 0.688. The molecule has 2 N–H and O–H groups in total. The lowest BCUT2D eigenvalue weighted by Crippen LogP contribution is -2.46. The second kappa shape index (κ2) is 9.60. The topological polar surface area (TPSA) is 83.7 Å². The van der Waals surface area contributed by atoms with E-state index in [0.717, 1.165) is 30.3 Å². The minimum absolute atomic E-state index is 0.129. The van der Waals surface area contributed by atoms with Gasteiger partial charge in [0.15, 0.2) is 0 Å². The van der Waals surface area contributed by atoms with Crippen molar-refractivity contribution in [1.29, 1.82) is 0 Å². The van der Waals surface area contributed by atoms with Crippen LogP contribution in [0.25, 0.3) is 0 Å². The van der Waals surface area contributed by atoms with Crippen LogP contribution >= 0.6 is 0 Å². The fourth-order valence-electron chi connectivity index (χ4n) is 3.98. The molecular formula is C23H23F4N3O3. The van der Waals surface area contributed by atoms with Crippen LogP contribution in [-0.2, 0) is 15.8 Å². The average molecular weight is 465 g/mol. The van der Waals surface area contributed by atoms with Crippen LogP contribution < -0.4 is 5.73 Å².